The Hall–Kier alpha value is -2.57. The maximum atomic E-state index is 12.2. The molecule has 2 aromatic rings. The van der Waals surface area contributed by atoms with E-state index in [2.05, 4.69) is 10.6 Å². The molecule has 0 bridgehead atoms. The standard InChI is InChI=1S/C21H27ClN4O2/c1-14-6-9-16(12-18(14)22)24-21(28)20(27)23-13-19(26(4)5)15-7-10-17(11-8-15)25(2)3/h6-12,19H,13H2,1-5H3,(H,23,27)(H,24,28)/t19-/m0/s1. The van der Waals surface area contributed by atoms with Gasteiger partial charge in [-0.3, -0.25) is 9.59 Å². The first-order chi connectivity index (χ1) is 13.2. The van der Waals surface area contributed by atoms with Crippen LogP contribution in [0.15, 0.2) is 42.5 Å². The summed E-state index contributed by atoms with van der Waals surface area (Å²) in [7, 11) is 7.84. The fraction of sp³-hybridized carbons (Fsp3) is 0.333. The second kappa shape index (κ2) is 9.57. The van der Waals surface area contributed by atoms with Crippen LogP contribution in [-0.4, -0.2) is 51.4 Å². The van der Waals surface area contributed by atoms with E-state index in [4.69, 9.17) is 11.6 Å². The van der Waals surface area contributed by atoms with Gasteiger partial charge in [-0.1, -0.05) is 29.8 Å². The molecule has 1 atom stereocenters. The van der Waals surface area contributed by atoms with Crippen LogP contribution in [0.4, 0.5) is 11.4 Å². The van der Waals surface area contributed by atoms with Gasteiger partial charge in [-0.2, -0.15) is 0 Å². The normalized spacial score (nSPS) is 11.8. The number of nitrogens with zero attached hydrogens (tertiary/aromatic N) is 2. The van der Waals surface area contributed by atoms with E-state index in [9.17, 15) is 9.59 Å². The average molecular weight is 403 g/mol. The summed E-state index contributed by atoms with van der Waals surface area (Å²) < 4.78 is 0. The number of amides is 2. The van der Waals surface area contributed by atoms with Crippen LogP contribution in [0.5, 0.6) is 0 Å². The van der Waals surface area contributed by atoms with Crippen molar-refractivity contribution in [2.75, 3.05) is 45.0 Å². The number of benzene rings is 2. The fourth-order valence-corrected chi connectivity index (χ4v) is 2.90. The molecule has 0 aliphatic heterocycles. The summed E-state index contributed by atoms with van der Waals surface area (Å²) >= 11 is 6.05. The lowest BCUT2D eigenvalue weighted by molar-refractivity contribution is -0.136. The lowest BCUT2D eigenvalue weighted by atomic mass is 10.1. The molecule has 2 N–H and O–H groups in total. The molecule has 0 heterocycles. The molecule has 0 spiro atoms. The number of hydrogen-bond donors (Lipinski definition) is 2. The SMILES string of the molecule is Cc1ccc(NC(=O)C(=O)NC[C@@H](c2ccc(N(C)C)cc2)N(C)C)cc1Cl. The first kappa shape index (κ1) is 21.7. The van der Waals surface area contributed by atoms with Gasteiger partial charge in [0.2, 0.25) is 0 Å². The van der Waals surface area contributed by atoms with Gasteiger partial charge in [0.25, 0.3) is 0 Å². The predicted octanol–water partition coefficient (Wildman–Crippen LogP) is 3.07. The Bertz CT molecular complexity index is 835. The molecule has 7 heteroatoms. The van der Waals surface area contributed by atoms with E-state index in [0.717, 1.165) is 16.8 Å². The number of carbonyl (C=O) groups is 2. The Balaban J connectivity index is 1.99. The van der Waals surface area contributed by atoms with Gasteiger partial charge in [0.1, 0.15) is 0 Å². The molecule has 0 aromatic heterocycles. The maximum Gasteiger partial charge on any atom is 0.313 e. The van der Waals surface area contributed by atoms with Crippen LogP contribution in [0.2, 0.25) is 5.02 Å². The summed E-state index contributed by atoms with van der Waals surface area (Å²) in [5.41, 5.74) is 3.54. The molecule has 2 aromatic carbocycles. The van der Waals surface area contributed by atoms with Gasteiger partial charge in [0.15, 0.2) is 0 Å². The van der Waals surface area contributed by atoms with E-state index in [1.165, 1.54) is 0 Å². The summed E-state index contributed by atoms with van der Waals surface area (Å²) in [6.45, 7) is 2.18. The summed E-state index contributed by atoms with van der Waals surface area (Å²) in [6, 6.07) is 13.2. The lowest BCUT2D eigenvalue weighted by Gasteiger charge is -2.25. The molecule has 0 fully saturated rings. The Morgan fingerprint density at radius 1 is 1.00 bits per heavy atom. The van der Waals surface area contributed by atoms with E-state index in [-0.39, 0.29) is 6.04 Å². The Morgan fingerprint density at radius 2 is 1.64 bits per heavy atom. The molecule has 0 saturated carbocycles. The number of likely N-dealkylation sites (N-methyl/N-ethyl adjacent to an activating group) is 1. The number of carbonyl (C=O) groups excluding carboxylic acids is 2. The second-order valence-corrected chi connectivity index (χ2v) is 7.50. The van der Waals surface area contributed by atoms with Crippen molar-refractivity contribution in [3.05, 3.63) is 58.6 Å². The minimum atomic E-state index is -0.722. The number of anilines is 2. The second-order valence-electron chi connectivity index (χ2n) is 7.09. The fourth-order valence-electron chi connectivity index (χ4n) is 2.72. The molecule has 150 valence electrons. The molecule has 0 aliphatic carbocycles. The zero-order valence-corrected chi connectivity index (χ0v) is 17.7. The number of halogens is 1. The van der Waals surface area contributed by atoms with Crippen molar-refractivity contribution in [3.8, 4) is 0 Å². The van der Waals surface area contributed by atoms with Crippen LogP contribution in [0.25, 0.3) is 0 Å². The number of rotatable bonds is 6. The Morgan fingerprint density at radius 3 is 2.18 bits per heavy atom. The third-order valence-electron chi connectivity index (χ3n) is 4.51. The summed E-state index contributed by atoms with van der Waals surface area (Å²) in [6.07, 6.45) is 0. The highest BCUT2D eigenvalue weighted by molar-refractivity contribution is 6.39. The third-order valence-corrected chi connectivity index (χ3v) is 4.92. The van der Waals surface area contributed by atoms with Crippen molar-refractivity contribution < 1.29 is 9.59 Å². The monoisotopic (exact) mass is 402 g/mol. The van der Waals surface area contributed by atoms with E-state index in [1.54, 1.807) is 18.2 Å². The van der Waals surface area contributed by atoms with Crippen molar-refractivity contribution in [3.63, 3.8) is 0 Å². The summed E-state index contributed by atoms with van der Waals surface area (Å²) in [5, 5.41) is 5.81. The Kier molecular flexibility index (Phi) is 7.43. The highest BCUT2D eigenvalue weighted by atomic mass is 35.5. The van der Waals surface area contributed by atoms with Crippen LogP contribution >= 0.6 is 11.6 Å². The first-order valence-electron chi connectivity index (χ1n) is 8.98. The number of nitrogens with one attached hydrogen (secondary N) is 2. The lowest BCUT2D eigenvalue weighted by Crippen LogP contribution is -2.40. The van der Waals surface area contributed by atoms with Crippen LogP contribution < -0.4 is 15.5 Å². The minimum absolute atomic E-state index is 0.0539. The Labute approximate surface area is 171 Å². The first-order valence-corrected chi connectivity index (χ1v) is 9.36. The quantitative estimate of drug-likeness (QED) is 0.729. The molecule has 2 rings (SSSR count). The van der Waals surface area contributed by atoms with E-state index in [1.807, 2.05) is 69.2 Å². The highest BCUT2D eigenvalue weighted by Crippen LogP contribution is 2.21. The van der Waals surface area contributed by atoms with Gasteiger partial charge in [-0.15, -0.1) is 0 Å². The zero-order valence-electron chi connectivity index (χ0n) is 16.9. The van der Waals surface area contributed by atoms with Crippen molar-refractivity contribution >= 4 is 34.8 Å². The third kappa shape index (κ3) is 5.71. The molecule has 0 unspecified atom stereocenters. The van der Waals surface area contributed by atoms with E-state index in [0.29, 0.717) is 17.3 Å². The average Bonchev–Trinajstić information content (AvgIpc) is 2.64. The van der Waals surface area contributed by atoms with Gasteiger partial charge in [-0.25, -0.2) is 0 Å². The minimum Gasteiger partial charge on any atom is -0.378 e. The molecule has 0 saturated heterocycles. The van der Waals surface area contributed by atoms with Crippen LogP contribution in [0.3, 0.4) is 0 Å². The molecule has 0 radical (unpaired) electrons. The molecule has 2 amide bonds. The molecule has 28 heavy (non-hydrogen) atoms. The summed E-state index contributed by atoms with van der Waals surface area (Å²) in [5.74, 6) is -1.41. The van der Waals surface area contributed by atoms with Gasteiger partial charge < -0.3 is 20.4 Å². The number of hydrogen-bond acceptors (Lipinski definition) is 4. The van der Waals surface area contributed by atoms with Gasteiger partial charge in [0.05, 0.1) is 6.04 Å². The smallest absolute Gasteiger partial charge is 0.313 e. The van der Waals surface area contributed by atoms with Crippen molar-refractivity contribution in [1.82, 2.24) is 10.2 Å². The zero-order chi connectivity index (χ0) is 20.8. The van der Waals surface area contributed by atoms with Gasteiger partial charge >= 0.3 is 11.8 Å². The molecule has 0 aliphatic rings. The van der Waals surface area contributed by atoms with Gasteiger partial charge in [0, 0.05) is 37.0 Å². The molecule has 6 nitrogen and oxygen atoms in total. The van der Waals surface area contributed by atoms with Crippen molar-refractivity contribution in [1.29, 1.82) is 0 Å². The largest absolute Gasteiger partial charge is 0.378 e. The van der Waals surface area contributed by atoms with E-state index >= 15 is 0 Å². The van der Waals surface area contributed by atoms with Crippen molar-refractivity contribution in [2.45, 2.75) is 13.0 Å². The van der Waals surface area contributed by atoms with Crippen LogP contribution in [-0.2, 0) is 9.59 Å². The van der Waals surface area contributed by atoms with Crippen molar-refractivity contribution in [2.24, 2.45) is 0 Å². The van der Waals surface area contributed by atoms with Crippen LogP contribution in [0.1, 0.15) is 17.2 Å². The number of aryl methyl sites for hydroxylation is 1. The molecular formula is C21H27ClN4O2. The van der Waals surface area contributed by atoms with E-state index < -0.39 is 11.8 Å². The topological polar surface area (TPSA) is 64.7 Å². The highest BCUT2D eigenvalue weighted by Gasteiger charge is 2.19. The molecular weight excluding hydrogens is 376 g/mol. The van der Waals surface area contributed by atoms with Crippen LogP contribution in [0, 0.1) is 6.92 Å². The maximum absolute atomic E-state index is 12.2. The predicted molar refractivity (Wildman–Crippen MR) is 115 cm³/mol. The summed E-state index contributed by atoms with van der Waals surface area (Å²) in [4.78, 5) is 28.4. The van der Waals surface area contributed by atoms with Gasteiger partial charge in [-0.05, 0) is 56.4 Å².